The molecule has 2 heterocycles. The van der Waals surface area contributed by atoms with Gasteiger partial charge in [0.05, 0.1) is 0 Å². The summed E-state index contributed by atoms with van der Waals surface area (Å²) in [5, 5.41) is 9.45. The highest BCUT2D eigenvalue weighted by Gasteiger charge is 2.37. The molecule has 6 rings (SSSR count). The Morgan fingerprint density at radius 1 is 0.629 bits per heavy atom. The average molecular weight is 513 g/mol. The fourth-order valence-corrected chi connectivity index (χ4v) is 8.61. The van der Waals surface area contributed by atoms with Crippen LogP contribution in [-0.2, 0) is 0 Å². The summed E-state index contributed by atoms with van der Waals surface area (Å²) in [6, 6.07) is 1.17. The maximum absolute atomic E-state index is 5.79. The Bertz CT molecular complexity index is 772. The smallest absolute Gasteiger partial charge is 0.169 e. The van der Waals surface area contributed by atoms with Gasteiger partial charge in [0.15, 0.2) is 10.2 Å². The van der Waals surface area contributed by atoms with Crippen molar-refractivity contribution in [2.75, 3.05) is 26.2 Å². The Labute approximate surface area is 223 Å². The lowest BCUT2D eigenvalue weighted by Gasteiger charge is -2.37. The third kappa shape index (κ3) is 5.58. The molecule has 35 heavy (non-hydrogen) atoms. The fourth-order valence-electron chi connectivity index (χ4n) is 7.94. The van der Waals surface area contributed by atoms with Crippen LogP contribution >= 0.6 is 24.4 Å². The van der Waals surface area contributed by atoms with Crippen LogP contribution in [0.3, 0.4) is 0 Å². The second-order valence-electron chi connectivity index (χ2n) is 12.5. The second kappa shape index (κ2) is 10.7. The molecule has 0 unspecified atom stereocenters. The van der Waals surface area contributed by atoms with E-state index >= 15 is 0 Å². The van der Waals surface area contributed by atoms with Crippen LogP contribution in [0.25, 0.3) is 0 Å². The van der Waals surface area contributed by atoms with Crippen molar-refractivity contribution in [1.29, 1.82) is 0 Å². The summed E-state index contributed by atoms with van der Waals surface area (Å²) in [7, 11) is 0. The summed E-state index contributed by atoms with van der Waals surface area (Å²) in [5.74, 6) is 4.83. The summed E-state index contributed by atoms with van der Waals surface area (Å²) in [4.78, 5) is 4.89. The number of piperidine rings is 2. The van der Waals surface area contributed by atoms with E-state index < -0.39 is 0 Å². The van der Waals surface area contributed by atoms with Crippen molar-refractivity contribution in [2.45, 2.75) is 82.7 Å². The molecular weight excluding hydrogens is 468 g/mol. The van der Waals surface area contributed by atoms with Gasteiger partial charge in [0.1, 0.15) is 0 Å². The lowest BCUT2D eigenvalue weighted by Crippen LogP contribution is -2.48. The minimum Gasteiger partial charge on any atom is -0.359 e. The Kier molecular flexibility index (Phi) is 7.39. The number of rotatable bonds is 6. The van der Waals surface area contributed by atoms with Gasteiger partial charge in [-0.1, -0.05) is 43.6 Å². The first-order valence-corrected chi connectivity index (χ1v) is 15.4. The molecule has 2 saturated carbocycles. The van der Waals surface area contributed by atoms with Gasteiger partial charge in [0.2, 0.25) is 0 Å². The maximum atomic E-state index is 5.79. The van der Waals surface area contributed by atoms with E-state index in [1.807, 2.05) is 0 Å². The third-order valence-corrected chi connectivity index (χ3v) is 11.0. The van der Waals surface area contributed by atoms with Gasteiger partial charge in [-0.3, -0.25) is 0 Å². The summed E-state index contributed by atoms with van der Waals surface area (Å²) < 4.78 is 0. The third-order valence-electron chi connectivity index (χ3n) is 10.2. The van der Waals surface area contributed by atoms with Gasteiger partial charge >= 0.3 is 0 Å². The van der Waals surface area contributed by atoms with Crippen LogP contribution in [-0.4, -0.2) is 58.3 Å². The van der Waals surface area contributed by atoms with Crippen molar-refractivity contribution in [1.82, 2.24) is 20.4 Å². The maximum Gasteiger partial charge on any atom is 0.169 e. The Morgan fingerprint density at radius 2 is 1.06 bits per heavy atom. The van der Waals surface area contributed by atoms with Gasteiger partial charge < -0.3 is 20.4 Å². The topological polar surface area (TPSA) is 30.5 Å². The molecule has 2 N–H and O–H groups in total. The molecule has 0 amide bonds. The van der Waals surface area contributed by atoms with Crippen molar-refractivity contribution in [2.24, 2.45) is 35.5 Å². The monoisotopic (exact) mass is 512 g/mol. The molecule has 0 aromatic heterocycles. The van der Waals surface area contributed by atoms with Crippen LogP contribution in [0.2, 0.25) is 0 Å². The number of allylic oxidation sites excluding steroid dienone is 2. The average Bonchev–Trinajstić information content (AvgIpc) is 3.68. The lowest BCUT2D eigenvalue weighted by atomic mass is 9.87. The normalized spacial score (nSPS) is 36.3. The summed E-state index contributed by atoms with van der Waals surface area (Å²) in [6.07, 6.45) is 24.3. The number of nitrogens with zero attached hydrogens (tertiary/aromatic N) is 2. The minimum absolute atomic E-state index is 0.585. The first-order chi connectivity index (χ1) is 17.1. The van der Waals surface area contributed by atoms with Crippen molar-refractivity contribution < 1.29 is 0 Å². The lowest BCUT2D eigenvalue weighted by molar-refractivity contribution is 0.224. The summed E-state index contributed by atoms with van der Waals surface area (Å²) in [6.45, 7) is 4.59. The molecule has 2 aliphatic heterocycles. The van der Waals surface area contributed by atoms with Gasteiger partial charge in [0.25, 0.3) is 0 Å². The van der Waals surface area contributed by atoms with E-state index in [2.05, 4.69) is 44.7 Å². The molecule has 4 bridgehead atoms. The van der Waals surface area contributed by atoms with Crippen molar-refractivity contribution in [3.63, 3.8) is 0 Å². The van der Waals surface area contributed by atoms with Crippen LogP contribution in [0, 0.1) is 35.5 Å². The predicted molar refractivity (Wildman–Crippen MR) is 152 cm³/mol. The molecule has 0 aromatic rings. The van der Waals surface area contributed by atoms with Crippen molar-refractivity contribution >= 4 is 34.7 Å². The first kappa shape index (κ1) is 24.2. The van der Waals surface area contributed by atoms with E-state index in [0.717, 1.165) is 60.1 Å². The highest BCUT2D eigenvalue weighted by molar-refractivity contribution is 7.80. The Morgan fingerprint density at radius 3 is 1.40 bits per heavy atom. The van der Waals surface area contributed by atoms with E-state index in [4.69, 9.17) is 24.4 Å². The highest BCUT2D eigenvalue weighted by atomic mass is 32.1. The molecule has 4 aliphatic carbocycles. The predicted octanol–water partition coefficient (Wildman–Crippen LogP) is 5.26. The van der Waals surface area contributed by atoms with E-state index in [0.29, 0.717) is 23.9 Å². The molecule has 0 aromatic carbocycles. The van der Waals surface area contributed by atoms with Crippen LogP contribution in [0.15, 0.2) is 24.3 Å². The fraction of sp³-hybridized carbons (Fsp3) is 0.793. The molecule has 0 radical (unpaired) electrons. The number of thiocarbonyl (C=S) groups is 2. The van der Waals surface area contributed by atoms with Crippen LogP contribution in [0.5, 0.6) is 0 Å². The SMILES string of the molecule is S=C(N[C@H]1C[C@H]2C=C[C@H]1C2)N1CCC(CCCC2CCN(C(=S)N[C@@H]3C[C@H]4C=C[C@H]3C4)CC2)CC1. The quantitative estimate of drug-likeness (QED) is 0.373. The molecular formula is C29H44N4S2. The molecule has 2 saturated heterocycles. The number of hydrogen-bond donors (Lipinski definition) is 2. The zero-order valence-corrected chi connectivity index (χ0v) is 22.9. The number of likely N-dealkylation sites (tertiary alicyclic amines) is 2. The Balaban J connectivity index is 0.835. The van der Waals surface area contributed by atoms with E-state index in [1.165, 1.54) is 70.6 Å². The second-order valence-corrected chi connectivity index (χ2v) is 13.2. The highest BCUT2D eigenvalue weighted by Crippen LogP contribution is 2.40. The van der Waals surface area contributed by atoms with E-state index in [1.54, 1.807) is 0 Å². The summed E-state index contributed by atoms with van der Waals surface area (Å²) >= 11 is 11.6. The van der Waals surface area contributed by atoms with Crippen molar-refractivity contribution in [3.8, 4) is 0 Å². The van der Waals surface area contributed by atoms with Crippen LogP contribution < -0.4 is 10.6 Å². The first-order valence-electron chi connectivity index (χ1n) is 14.6. The van der Waals surface area contributed by atoms with E-state index in [9.17, 15) is 0 Å². The van der Waals surface area contributed by atoms with E-state index in [-0.39, 0.29) is 0 Å². The van der Waals surface area contributed by atoms with Gasteiger partial charge in [-0.2, -0.15) is 0 Å². The van der Waals surface area contributed by atoms with Crippen molar-refractivity contribution in [3.05, 3.63) is 24.3 Å². The zero-order chi connectivity index (χ0) is 23.8. The van der Waals surface area contributed by atoms with Gasteiger partial charge in [-0.05, 0) is 111 Å². The molecule has 192 valence electrons. The number of hydrogen-bond acceptors (Lipinski definition) is 2. The molecule has 4 nitrogen and oxygen atoms in total. The zero-order valence-electron chi connectivity index (χ0n) is 21.2. The number of nitrogens with one attached hydrogen (secondary N) is 2. The molecule has 0 spiro atoms. The van der Waals surface area contributed by atoms with Gasteiger partial charge in [-0.25, -0.2) is 0 Å². The molecule has 4 fully saturated rings. The molecule has 6 atom stereocenters. The standard InChI is InChI=1S/C29H44N4S2/c34-28(30-26-18-22-4-6-24(26)16-22)32-12-8-20(9-13-32)2-1-3-21-10-14-33(15-11-21)29(35)31-27-19-23-5-7-25(27)17-23/h4-7,20-27H,1-3,8-19H2,(H,30,34)(H,31,35)/t22-,23-,24-,25-,26-,27+/m0/s1. The van der Waals surface area contributed by atoms with Crippen LogP contribution in [0.1, 0.15) is 70.6 Å². The minimum atomic E-state index is 0.585. The van der Waals surface area contributed by atoms with Gasteiger partial charge in [0, 0.05) is 38.3 Å². The summed E-state index contributed by atoms with van der Waals surface area (Å²) in [5.41, 5.74) is 0. The number of fused-ring (bicyclic) bond motifs is 4. The molecule has 6 heteroatoms. The van der Waals surface area contributed by atoms with Crippen LogP contribution in [0.4, 0.5) is 0 Å². The van der Waals surface area contributed by atoms with Gasteiger partial charge in [-0.15, -0.1) is 0 Å². The largest absolute Gasteiger partial charge is 0.359 e. The molecule has 6 aliphatic rings. The Hall–Kier alpha value is -1.14.